The second-order valence-corrected chi connectivity index (χ2v) is 6.14. The van der Waals surface area contributed by atoms with Crippen molar-refractivity contribution in [1.29, 1.82) is 0 Å². The van der Waals surface area contributed by atoms with Crippen molar-refractivity contribution in [1.82, 2.24) is 19.3 Å². The fraction of sp³-hybridized carbons (Fsp3) is 0.278. The van der Waals surface area contributed by atoms with Gasteiger partial charge in [0.25, 0.3) is 11.5 Å². The van der Waals surface area contributed by atoms with E-state index in [1.807, 2.05) is 0 Å². The van der Waals surface area contributed by atoms with Crippen molar-refractivity contribution in [3.63, 3.8) is 0 Å². The van der Waals surface area contributed by atoms with Crippen LogP contribution in [0.5, 0.6) is 5.75 Å². The molecule has 2 N–H and O–H groups in total. The lowest BCUT2D eigenvalue weighted by Crippen LogP contribution is -2.30. The Morgan fingerprint density at radius 1 is 1.41 bits per heavy atom. The van der Waals surface area contributed by atoms with Gasteiger partial charge in [-0.2, -0.15) is 0 Å². The lowest BCUT2D eigenvalue weighted by atomic mass is 10.1. The summed E-state index contributed by atoms with van der Waals surface area (Å²) in [5, 5.41) is 11.8. The molecule has 0 saturated carbocycles. The second-order valence-electron chi connectivity index (χ2n) is 6.14. The number of hydrogen-bond acceptors (Lipinski definition) is 5. The molecule has 0 fully saturated rings. The third-order valence-electron chi connectivity index (χ3n) is 4.09. The number of carbonyl (C=O) groups excluding carboxylic acids is 1. The predicted molar refractivity (Wildman–Crippen MR) is 96.4 cm³/mol. The molecule has 1 aromatic carbocycles. The Morgan fingerprint density at radius 3 is 2.78 bits per heavy atom. The summed E-state index contributed by atoms with van der Waals surface area (Å²) >= 11 is 0. The molecule has 9 heteroatoms. The Kier molecular flexibility index (Phi) is 4.95. The molecule has 142 valence electrons. The zero-order valence-electron chi connectivity index (χ0n) is 15.1. The fourth-order valence-electron chi connectivity index (χ4n) is 2.65. The third-order valence-corrected chi connectivity index (χ3v) is 4.09. The summed E-state index contributed by atoms with van der Waals surface area (Å²) in [4.78, 5) is 28.8. The Labute approximate surface area is 153 Å². The van der Waals surface area contributed by atoms with Gasteiger partial charge in [-0.25, -0.2) is 9.37 Å². The van der Waals surface area contributed by atoms with E-state index in [1.54, 1.807) is 6.07 Å². The lowest BCUT2D eigenvalue weighted by molar-refractivity contribution is 0.0919. The Hall–Kier alpha value is -3.20. The van der Waals surface area contributed by atoms with Gasteiger partial charge in [0.05, 0.1) is 18.9 Å². The van der Waals surface area contributed by atoms with Crippen LogP contribution in [0.1, 0.15) is 17.4 Å². The van der Waals surface area contributed by atoms with E-state index in [9.17, 15) is 19.1 Å². The van der Waals surface area contributed by atoms with E-state index in [1.165, 1.54) is 54.6 Å². The van der Waals surface area contributed by atoms with Crippen LogP contribution in [0.25, 0.3) is 16.9 Å². The SMILES string of the molecule is COc1ccc(-c2cn3cc(C(=O)NC[C@@H](C)O)nc3c(=O)n2C)c(F)c1. The number of nitrogens with zero attached hydrogens (tertiary/aromatic N) is 3. The molecule has 8 nitrogen and oxygen atoms in total. The molecule has 0 aliphatic rings. The molecule has 0 spiro atoms. The van der Waals surface area contributed by atoms with Crippen molar-refractivity contribution in [3.05, 3.63) is 52.5 Å². The van der Waals surface area contributed by atoms with Crippen LogP contribution in [0, 0.1) is 5.82 Å². The number of aliphatic hydroxyl groups is 1. The van der Waals surface area contributed by atoms with Gasteiger partial charge in [0.1, 0.15) is 17.3 Å². The minimum atomic E-state index is -0.705. The standard InChI is InChI=1S/C18H19FN4O4/c1-10(24)7-20-17(25)14-8-23-9-15(22(2)18(26)16(23)21-14)12-5-4-11(27-3)6-13(12)19/h4-6,8-10,24H,7H2,1-3H3,(H,20,25)/t10-/m1/s1. The molecule has 0 radical (unpaired) electrons. The number of carbonyl (C=O) groups is 1. The van der Waals surface area contributed by atoms with Gasteiger partial charge in [-0.15, -0.1) is 0 Å². The van der Waals surface area contributed by atoms with Crippen molar-refractivity contribution in [2.24, 2.45) is 7.05 Å². The summed E-state index contributed by atoms with van der Waals surface area (Å²) in [6.45, 7) is 1.60. The number of aromatic nitrogens is 3. The molecule has 1 amide bonds. The molecule has 0 unspecified atom stereocenters. The average molecular weight is 374 g/mol. The van der Waals surface area contributed by atoms with Crippen molar-refractivity contribution < 1.29 is 19.0 Å². The van der Waals surface area contributed by atoms with Crippen molar-refractivity contribution in [2.45, 2.75) is 13.0 Å². The molecular formula is C18H19FN4O4. The zero-order valence-corrected chi connectivity index (χ0v) is 15.1. The minimum Gasteiger partial charge on any atom is -0.497 e. The Balaban J connectivity index is 2.08. The molecule has 3 rings (SSSR count). The van der Waals surface area contributed by atoms with Crippen LogP contribution in [-0.4, -0.2) is 44.7 Å². The highest BCUT2D eigenvalue weighted by atomic mass is 19.1. The molecule has 2 aromatic heterocycles. The lowest BCUT2D eigenvalue weighted by Gasteiger charge is -2.11. The number of imidazole rings is 1. The van der Waals surface area contributed by atoms with Gasteiger partial charge >= 0.3 is 0 Å². The summed E-state index contributed by atoms with van der Waals surface area (Å²) in [7, 11) is 2.94. The van der Waals surface area contributed by atoms with E-state index >= 15 is 0 Å². The van der Waals surface area contributed by atoms with Gasteiger partial charge < -0.3 is 19.7 Å². The first-order chi connectivity index (χ1) is 12.8. The monoisotopic (exact) mass is 374 g/mol. The normalized spacial score (nSPS) is 12.2. The number of aliphatic hydroxyl groups excluding tert-OH is 1. The molecule has 0 aliphatic carbocycles. The van der Waals surface area contributed by atoms with E-state index in [2.05, 4.69) is 10.3 Å². The Morgan fingerprint density at radius 2 is 2.15 bits per heavy atom. The number of nitrogens with one attached hydrogen (secondary N) is 1. The van der Waals surface area contributed by atoms with Crippen LogP contribution < -0.4 is 15.6 Å². The van der Waals surface area contributed by atoms with E-state index in [4.69, 9.17) is 4.74 Å². The van der Waals surface area contributed by atoms with Gasteiger partial charge in [-0.3, -0.25) is 14.0 Å². The van der Waals surface area contributed by atoms with Crippen LogP contribution >= 0.6 is 0 Å². The highest BCUT2D eigenvalue weighted by Crippen LogP contribution is 2.25. The first kappa shape index (κ1) is 18.6. The van der Waals surface area contributed by atoms with E-state index in [0.29, 0.717) is 11.4 Å². The summed E-state index contributed by atoms with van der Waals surface area (Å²) in [6, 6.07) is 4.34. The highest BCUT2D eigenvalue weighted by molar-refractivity contribution is 5.92. The van der Waals surface area contributed by atoms with Gasteiger partial charge in [0, 0.05) is 37.6 Å². The zero-order chi connectivity index (χ0) is 19.7. The van der Waals surface area contributed by atoms with E-state index in [0.717, 1.165) is 0 Å². The van der Waals surface area contributed by atoms with Crippen LogP contribution in [0.2, 0.25) is 0 Å². The van der Waals surface area contributed by atoms with Crippen LogP contribution in [-0.2, 0) is 7.05 Å². The molecule has 0 aliphatic heterocycles. The van der Waals surface area contributed by atoms with Gasteiger partial charge in [-0.1, -0.05) is 0 Å². The van der Waals surface area contributed by atoms with E-state index < -0.39 is 23.4 Å². The van der Waals surface area contributed by atoms with Gasteiger partial charge in [0.15, 0.2) is 0 Å². The molecule has 27 heavy (non-hydrogen) atoms. The number of benzene rings is 1. The topological polar surface area (TPSA) is 97.9 Å². The number of ether oxygens (including phenoxy) is 1. The number of fused-ring (bicyclic) bond motifs is 1. The highest BCUT2D eigenvalue weighted by Gasteiger charge is 2.17. The number of methoxy groups -OCH3 is 1. The maximum atomic E-state index is 14.4. The Bertz CT molecular complexity index is 1070. The summed E-state index contributed by atoms with van der Waals surface area (Å²) < 4.78 is 22.1. The molecule has 0 saturated heterocycles. The average Bonchev–Trinajstić information content (AvgIpc) is 3.07. The first-order valence-corrected chi connectivity index (χ1v) is 8.20. The number of amides is 1. The van der Waals surface area contributed by atoms with Crippen LogP contribution in [0.3, 0.4) is 0 Å². The molecule has 1 atom stereocenters. The first-order valence-electron chi connectivity index (χ1n) is 8.20. The van der Waals surface area contributed by atoms with Gasteiger partial charge in [0.2, 0.25) is 5.65 Å². The summed E-state index contributed by atoms with van der Waals surface area (Å²) in [6.07, 6.45) is 2.21. The van der Waals surface area contributed by atoms with Crippen molar-refractivity contribution in [2.75, 3.05) is 13.7 Å². The minimum absolute atomic E-state index is 0.0279. The number of hydrogen-bond donors (Lipinski definition) is 2. The fourth-order valence-corrected chi connectivity index (χ4v) is 2.65. The maximum absolute atomic E-state index is 14.4. The number of halogens is 1. The smallest absolute Gasteiger partial charge is 0.294 e. The third kappa shape index (κ3) is 3.54. The number of rotatable bonds is 5. The summed E-state index contributed by atoms with van der Waals surface area (Å²) in [5.74, 6) is -0.695. The molecular weight excluding hydrogens is 355 g/mol. The van der Waals surface area contributed by atoms with Crippen LogP contribution in [0.15, 0.2) is 35.4 Å². The molecule has 2 heterocycles. The van der Waals surface area contributed by atoms with Crippen LogP contribution in [0.4, 0.5) is 4.39 Å². The van der Waals surface area contributed by atoms with Crippen molar-refractivity contribution in [3.8, 4) is 17.0 Å². The summed E-state index contributed by atoms with van der Waals surface area (Å²) in [5.41, 5.74) is 0.127. The molecule has 0 bridgehead atoms. The second kappa shape index (κ2) is 7.20. The largest absolute Gasteiger partial charge is 0.497 e. The van der Waals surface area contributed by atoms with E-state index in [-0.39, 0.29) is 23.4 Å². The van der Waals surface area contributed by atoms with Gasteiger partial charge in [-0.05, 0) is 19.1 Å². The maximum Gasteiger partial charge on any atom is 0.294 e. The predicted octanol–water partition coefficient (Wildman–Crippen LogP) is 0.958. The van der Waals surface area contributed by atoms with Crippen molar-refractivity contribution >= 4 is 11.6 Å². The quantitative estimate of drug-likeness (QED) is 0.693. The molecule has 3 aromatic rings.